The van der Waals surface area contributed by atoms with E-state index in [0.717, 1.165) is 41.5 Å². The summed E-state index contributed by atoms with van der Waals surface area (Å²) in [5.41, 5.74) is 3.69. The Kier molecular flexibility index (Phi) is 4.24. The number of nitrogens with one attached hydrogen (secondary N) is 1. The number of aromatic nitrogens is 4. The Morgan fingerprint density at radius 1 is 1.06 bits per heavy atom. The van der Waals surface area contributed by atoms with Crippen LogP contribution in [0.25, 0.3) is 28.2 Å². The molecule has 0 aliphatic carbocycles. The van der Waals surface area contributed by atoms with E-state index in [1.54, 1.807) is 18.3 Å². The van der Waals surface area contributed by atoms with Crippen molar-refractivity contribution in [3.63, 3.8) is 0 Å². The Morgan fingerprint density at radius 3 is 2.71 bits per heavy atom. The highest BCUT2D eigenvalue weighted by Gasteiger charge is 2.34. The van der Waals surface area contributed by atoms with Crippen LogP contribution in [-0.4, -0.2) is 44.7 Å². The van der Waals surface area contributed by atoms with Gasteiger partial charge in [-0.25, -0.2) is 14.4 Å². The minimum atomic E-state index is -0.301. The molecule has 7 rings (SSSR count). The molecule has 156 valence electrons. The molecule has 0 amide bonds. The van der Waals surface area contributed by atoms with E-state index < -0.39 is 0 Å². The second-order valence-electron chi connectivity index (χ2n) is 8.41. The molecule has 0 spiro atoms. The minimum absolute atomic E-state index is 0.301. The summed E-state index contributed by atoms with van der Waals surface area (Å²) in [4.78, 5) is 16.6. The van der Waals surface area contributed by atoms with E-state index in [-0.39, 0.29) is 5.82 Å². The summed E-state index contributed by atoms with van der Waals surface area (Å²) in [5.74, 6) is 1.20. The van der Waals surface area contributed by atoms with Gasteiger partial charge in [0.15, 0.2) is 5.65 Å². The molecule has 6 nitrogen and oxygen atoms in total. The lowest BCUT2D eigenvalue weighted by molar-refractivity contribution is 0.289. The third-order valence-electron chi connectivity index (χ3n) is 6.39. The van der Waals surface area contributed by atoms with Gasteiger partial charge in [0.05, 0.1) is 11.3 Å². The molecule has 2 unspecified atom stereocenters. The number of benzene rings is 1. The van der Waals surface area contributed by atoms with Gasteiger partial charge in [-0.2, -0.15) is 0 Å². The Hall–Kier alpha value is -3.32. The first kappa shape index (κ1) is 18.4. The molecule has 2 atom stereocenters. The third-order valence-corrected chi connectivity index (χ3v) is 6.39. The number of piperidine rings is 2. The molecular formula is C24H23FN6. The van der Waals surface area contributed by atoms with Crippen molar-refractivity contribution >= 4 is 17.0 Å². The second-order valence-corrected chi connectivity index (χ2v) is 8.41. The van der Waals surface area contributed by atoms with Crippen LogP contribution in [0.5, 0.6) is 0 Å². The molecular weight excluding hydrogens is 391 g/mol. The number of hydrogen-bond acceptors (Lipinski definition) is 5. The Balaban J connectivity index is 1.57. The molecule has 0 radical (unpaired) electrons. The van der Waals surface area contributed by atoms with Crippen molar-refractivity contribution in [2.45, 2.75) is 31.8 Å². The molecule has 3 aliphatic rings. The van der Waals surface area contributed by atoms with Gasteiger partial charge in [-0.05, 0) is 56.2 Å². The lowest BCUT2D eigenvalue weighted by Crippen LogP contribution is -2.61. The molecule has 1 N–H and O–H groups in total. The smallest absolute Gasteiger partial charge is 0.167 e. The fourth-order valence-corrected chi connectivity index (χ4v) is 4.83. The summed E-state index contributed by atoms with van der Waals surface area (Å²) in [6, 6.07) is 15.7. The molecule has 3 aliphatic heterocycles. The maximum absolute atomic E-state index is 14.7. The van der Waals surface area contributed by atoms with Gasteiger partial charge in [-0.3, -0.25) is 9.55 Å². The highest BCUT2D eigenvalue weighted by Crippen LogP contribution is 2.32. The van der Waals surface area contributed by atoms with E-state index in [1.807, 2.05) is 41.8 Å². The quantitative estimate of drug-likeness (QED) is 0.552. The van der Waals surface area contributed by atoms with Crippen molar-refractivity contribution in [2.75, 3.05) is 18.0 Å². The molecule has 7 heteroatoms. The SMILES string of the molecule is Cc1cc(-n2c(-c3ccccc3F)nc3ccc(N4CC5CCC4CN5)nc32)ccn1. The van der Waals surface area contributed by atoms with Crippen molar-refractivity contribution in [3.8, 4) is 17.1 Å². The summed E-state index contributed by atoms with van der Waals surface area (Å²) in [5, 5.41) is 3.60. The van der Waals surface area contributed by atoms with Gasteiger partial charge in [0.2, 0.25) is 0 Å². The second kappa shape index (κ2) is 7.13. The van der Waals surface area contributed by atoms with Gasteiger partial charge in [-0.1, -0.05) is 12.1 Å². The van der Waals surface area contributed by atoms with Gasteiger partial charge >= 0.3 is 0 Å². The number of piperazine rings is 1. The minimum Gasteiger partial charge on any atom is -0.351 e. The number of fused-ring (bicyclic) bond motifs is 4. The standard InChI is InChI=1S/C24H23FN6/c1-15-12-17(10-11-26-15)31-23(19-4-2-3-5-20(19)25)28-21-8-9-22(29-24(21)31)30-14-16-6-7-18(30)13-27-16/h2-5,8-12,16,18,27H,6-7,13-14H2,1H3. The predicted molar refractivity (Wildman–Crippen MR) is 119 cm³/mol. The molecule has 3 fully saturated rings. The fraction of sp³-hybridized carbons (Fsp3) is 0.292. The van der Waals surface area contributed by atoms with Crippen LogP contribution in [0.4, 0.5) is 10.2 Å². The van der Waals surface area contributed by atoms with E-state index in [1.165, 1.54) is 18.9 Å². The largest absolute Gasteiger partial charge is 0.351 e. The number of imidazole rings is 1. The third kappa shape index (κ3) is 3.08. The highest BCUT2D eigenvalue weighted by molar-refractivity contribution is 5.81. The van der Waals surface area contributed by atoms with E-state index in [0.29, 0.717) is 23.5 Å². The van der Waals surface area contributed by atoms with Crippen LogP contribution in [0.2, 0.25) is 0 Å². The lowest BCUT2D eigenvalue weighted by atomic mass is 9.93. The van der Waals surface area contributed by atoms with Crippen molar-refractivity contribution in [2.24, 2.45) is 0 Å². The predicted octanol–water partition coefficient (Wildman–Crippen LogP) is 3.87. The van der Waals surface area contributed by atoms with Gasteiger partial charge < -0.3 is 10.2 Å². The number of rotatable bonds is 3. The fourth-order valence-electron chi connectivity index (χ4n) is 4.83. The average Bonchev–Trinajstić information content (AvgIpc) is 3.18. The normalized spacial score (nSPS) is 20.5. The highest BCUT2D eigenvalue weighted by atomic mass is 19.1. The molecule has 1 aromatic carbocycles. The van der Waals surface area contributed by atoms with Crippen molar-refractivity contribution in [1.29, 1.82) is 0 Å². The van der Waals surface area contributed by atoms with E-state index >= 15 is 0 Å². The van der Waals surface area contributed by atoms with Crippen LogP contribution in [-0.2, 0) is 0 Å². The maximum Gasteiger partial charge on any atom is 0.167 e. The zero-order valence-electron chi connectivity index (χ0n) is 17.3. The first-order chi connectivity index (χ1) is 15.2. The van der Waals surface area contributed by atoms with Crippen LogP contribution < -0.4 is 10.2 Å². The molecule has 6 heterocycles. The summed E-state index contributed by atoms with van der Waals surface area (Å²) >= 11 is 0. The lowest BCUT2D eigenvalue weighted by Gasteiger charge is -2.46. The molecule has 31 heavy (non-hydrogen) atoms. The van der Waals surface area contributed by atoms with E-state index in [4.69, 9.17) is 9.97 Å². The van der Waals surface area contributed by atoms with E-state index in [2.05, 4.69) is 15.2 Å². The van der Waals surface area contributed by atoms with Crippen molar-refractivity contribution in [1.82, 2.24) is 24.8 Å². The van der Waals surface area contributed by atoms with Crippen LogP contribution in [0, 0.1) is 12.7 Å². The number of anilines is 1. The van der Waals surface area contributed by atoms with Crippen LogP contribution in [0.1, 0.15) is 18.5 Å². The number of halogens is 1. The summed E-state index contributed by atoms with van der Waals surface area (Å²) in [6.45, 7) is 3.90. The Labute approximate surface area is 179 Å². The summed E-state index contributed by atoms with van der Waals surface area (Å²) in [6.07, 6.45) is 4.16. The Bertz CT molecular complexity index is 1270. The van der Waals surface area contributed by atoms with Crippen molar-refractivity contribution < 1.29 is 4.39 Å². The van der Waals surface area contributed by atoms with E-state index in [9.17, 15) is 4.39 Å². The zero-order valence-corrected chi connectivity index (χ0v) is 17.3. The average molecular weight is 414 g/mol. The van der Waals surface area contributed by atoms with Crippen LogP contribution >= 0.6 is 0 Å². The number of nitrogens with zero attached hydrogens (tertiary/aromatic N) is 5. The molecule has 3 saturated heterocycles. The van der Waals surface area contributed by atoms with Crippen LogP contribution in [0.15, 0.2) is 54.7 Å². The monoisotopic (exact) mass is 414 g/mol. The van der Waals surface area contributed by atoms with Crippen LogP contribution in [0.3, 0.4) is 0 Å². The van der Waals surface area contributed by atoms with Gasteiger partial charge in [0.25, 0.3) is 0 Å². The summed E-state index contributed by atoms with van der Waals surface area (Å²) < 4.78 is 16.7. The number of hydrogen-bond donors (Lipinski definition) is 1. The topological polar surface area (TPSA) is 58.9 Å². The number of pyridine rings is 2. The molecule has 0 saturated carbocycles. The summed E-state index contributed by atoms with van der Waals surface area (Å²) in [7, 11) is 0. The first-order valence-electron chi connectivity index (χ1n) is 10.7. The molecule has 3 aromatic heterocycles. The zero-order chi connectivity index (χ0) is 20.9. The van der Waals surface area contributed by atoms with Crippen molar-refractivity contribution in [3.05, 3.63) is 66.2 Å². The maximum atomic E-state index is 14.7. The number of aryl methyl sites for hydroxylation is 1. The van der Waals surface area contributed by atoms with Gasteiger partial charge in [0, 0.05) is 37.1 Å². The van der Waals surface area contributed by atoms with Gasteiger partial charge in [0.1, 0.15) is 23.0 Å². The Morgan fingerprint density at radius 2 is 1.97 bits per heavy atom. The molecule has 4 aromatic rings. The van der Waals surface area contributed by atoms with Gasteiger partial charge in [-0.15, -0.1) is 0 Å². The first-order valence-corrected chi connectivity index (χ1v) is 10.7. The molecule has 2 bridgehead atoms.